The van der Waals surface area contributed by atoms with E-state index in [0.717, 1.165) is 10.0 Å². The van der Waals surface area contributed by atoms with Crippen molar-refractivity contribution in [3.8, 4) is 0 Å². The van der Waals surface area contributed by atoms with E-state index in [1.807, 2.05) is 13.0 Å². The number of rotatable bonds is 2. The molecule has 20 heavy (non-hydrogen) atoms. The molecule has 1 heterocycles. The molecule has 0 aliphatic heterocycles. The van der Waals surface area contributed by atoms with Gasteiger partial charge >= 0.3 is 6.18 Å². The molecule has 1 aromatic heterocycles. The molecule has 1 aromatic carbocycles. The van der Waals surface area contributed by atoms with Gasteiger partial charge in [-0.05, 0) is 30.7 Å². The fraction of sp³-hybridized carbons (Fsp3) is 0.167. The highest BCUT2D eigenvalue weighted by Crippen LogP contribution is 2.29. The Morgan fingerprint density at radius 3 is 2.45 bits per heavy atom. The lowest BCUT2D eigenvalue weighted by Gasteiger charge is -2.10. The van der Waals surface area contributed by atoms with Gasteiger partial charge in [0.25, 0.3) is 0 Å². The molecule has 1 N–H and O–H groups in total. The summed E-state index contributed by atoms with van der Waals surface area (Å²) in [6.45, 7) is 1.87. The molecule has 0 radical (unpaired) electrons. The van der Waals surface area contributed by atoms with Crippen LogP contribution in [0.15, 0.2) is 28.7 Å². The minimum absolute atomic E-state index is 0.0187. The topological polar surface area (TPSA) is 37.8 Å². The van der Waals surface area contributed by atoms with Crippen molar-refractivity contribution in [3.05, 3.63) is 45.3 Å². The highest BCUT2D eigenvalue weighted by Gasteiger charge is 2.35. The third-order valence-corrected chi connectivity index (χ3v) is 2.91. The molecule has 0 spiro atoms. The van der Waals surface area contributed by atoms with Gasteiger partial charge in [-0.2, -0.15) is 13.2 Å². The predicted octanol–water partition coefficient (Wildman–Crippen LogP) is 4.96. The van der Waals surface area contributed by atoms with Crippen LogP contribution in [-0.2, 0) is 6.18 Å². The molecule has 0 saturated carbocycles. The van der Waals surface area contributed by atoms with Crippen LogP contribution in [0.25, 0.3) is 0 Å². The zero-order valence-electron chi connectivity index (χ0n) is 10.1. The summed E-state index contributed by atoms with van der Waals surface area (Å²) < 4.78 is 38.6. The lowest BCUT2D eigenvalue weighted by molar-refractivity contribution is -0.144. The number of alkyl halides is 3. The third kappa shape index (κ3) is 3.83. The van der Waals surface area contributed by atoms with Crippen molar-refractivity contribution in [1.29, 1.82) is 0 Å². The number of hydrogen-bond donors (Lipinski definition) is 1. The van der Waals surface area contributed by atoms with Crippen molar-refractivity contribution in [1.82, 2.24) is 9.97 Å². The highest BCUT2D eigenvalue weighted by molar-refractivity contribution is 9.10. The SMILES string of the molecule is Cc1cc(Br)cc(Nc2cc(Cl)nc(C(F)(F)F)n2)c1. The van der Waals surface area contributed by atoms with Crippen LogP contribution in [0.5, 0.6) is 0 Å². The summed E-state index contributed by atoms with van der Waals surface area (Å²) in [5, 5.41) is 2.50. The molecule has 106 valence electrons. The van der Waals surface area contributed by atoms with E-state index in [4.69, 9.17) is 11.6 Å². The molecular formula is C12H8BrClF3N3. The maximum absolute atomic E-state index is 12.6. The largest absolute Gasteiger partial charge is 0.451 e. The molecule has 8 heteroatoms. The monoisotopic (exact) mass is 365 g/mol. The van der Waals surface area contributed by atoms with Crippen LogP contribution in [0.4, 0.5) is 24.7 Å². The van der Waals surface area contributed by atoms with Gasteiger partial charge in [-0.1, -0.05) is 27.5 Å². The predicted molar refractivity (Wildman–Crippen MR) is 74.2 cm³/mol. The van der Waals surface area contributed by atoms with Gasteiger partial charge in [-0.15, -0.1) is 0 Å². The van der Waals surface area contributed by atoms with Gasteiger partial charge < -0.3 is 5.32 Å². The van der Waals surface area contributed by atoms with E-state index in [0.29, 0.717) is 5.69 Å². The van der Waals surface area contributed by atoms with Crippen molar-refractivity contribution in [2.24, 2.45) is 0 Å². The maximum Gasteiger partial charge on any atom is 0.451 e. The summed E-state index contributed by atoms with van der Waals surface area (Å²) in [4.78, 5) is 6.57. The maximum atomic E-state index is 12.6. The van der Waals surface area contributed by atoms with Crippen LogP contribution < -0.4 is 5.32 Å². The molecule has 0 aliphatic carbocycles. The van der Waals surface area contributed by atoms with E-state index in [9.17, 15) is 13.2 Å². The first-order valence-electron chi connectivity index (χ1n) is 5.40. The lowest BCUT2D eigenvalue weighted by atomic mass is 10.2. The van der Waals surface area contributed by atoms with Gasteiger partial charge in [-0.25, -0.2) is 9.97 Å². The second kappa shape index (κ2) is 5.57. The van der Waals surface area contributed by atoms with E-state index < -0.39 is 12.0 Å². The lowest BCUT2D eigenvalue weighted by Crippen LogP contribution is -2.12. The minimum Gasteiger partial charge on any atom is -0.340 e. The number of aromatic nitrogens is 2. The number of benzene rings is 1. The summed E-state index contributed by atoms with van der Waals surface area (Å²) in [5.41, 5.74) is 1.54. The summed E-state index contributed by atoms with van der Waals surface area (Å²) in [6.07, 6.45) is -4.64. The van der Waals surface area contributed by atoms with E-state index in [2.05, 4.69) is 31.2 Å². The van der Waals surface area contributed by atoms with Crippen molar-refractivity contribution in [3.63, 3.8) is 0 Å². The number of nitrogens with zero attached hydrogens (tertiary/aromatic N) is 2. The van der Waals surface area contributed by atoms with Gasteiger partial charge in [0, 0.05) is 16.2 Å². The van der Waals surface area contributed by atoms with E-state index >= 15 is 0 Å². The first-order valence-corrected chi connectivity index (χ1v) is 6.57. The number of hydrogen-bond acceptors (Lipinski definition) is 3. The average molecular weight is 367 g/mol. The molecule has 0 atom stereocenters. The van der Waals surface area contributed by atoms with Crippen molar-refractivity contribution >= 4 is 39.0 Å². The van der Waals surface area contributed by atoms with Crippen molar-refractivity contribution in [2.75, 3.05) is 5.32 Å². The zero-order chi connectivity index (χ0) is 14.9. The van der Waals surface area contributed by atoms with E-state index in [-0.39, 0.29) is 11.0 Å². The fourth-order valence-electron chi connectivity index (χ4n) is 1.56. The molecule has 0 saturated heterocycles. The smallest absolute Gasteiger partial charge is 0.340 e. The van der Waals surface area contributed by atoms with Crippen LogP contribution in [0.2, 0.25) is 5.15 Å². The van der Waals surface area contributed by atoms with Crippen molar-refractivity contribution in [2.45, 2.75) is 13.1 Å². The minimum atomic E-state index is -4.64. The summed E-state index contributed by atoms with van der Waals surface area (Å²) in [6, 6.07) is 6.59. The molecule has 0 amide bonds. The number of anilines is 2. The first-order chi connectivity index (χ1) is 9.24. The Morgan fingerprint density at radius 2 is 1.85 bits per heavy atom. The van der Waals surface area contributed by atoms with Crippen LogP contribution in [0.1, 0.15) is 11.4 Å². The van der Waals surface area contributed by atoms with Crippen LogP contribution in [-0.4, -0.2) is 9.97 Å². The molecule has 2 rings (SSSR count). The molecular weight excluding hydrogens is 359 g/mol. The van der Waals surface area contributed by atoms with E-state index in [1.165, 1.54) is 6.07 Å². The molecule has 0 unspecified atom stereocenters. The Hall–Kier alpha value is -1.34. The molecule has 0 aliphatic rings. The van der Waals surface area contributed by atoms with E-state index in [1.54, 1.807) is 12.1 Å². The Labute approximate surface area is 126 Å². The van der Waals surface area contributed by atoms with Crippen LogP contribution in [0.3, 0.4) is 0 Å². The number of aryl methyl sites for hydroxylation is 1. The van der Waals surface area contributed by atoms with Gasteiger partial charge in [0.1, 0.15) is 11.0 Å². The summed E-state index contributed by atoms with van der Waals surface area (Å²) in [5.74, 6) is -1.30. The Bertz CT molecular complexity index is 626. The van der Waals surface area contributed by atoms with Gasteiger partial charge in [0.15, 0.2) is 0 Å². The molecule has 2 aromatic rings. The first kappa shape index (κ1) is 15.1. The Kier molecular flexibility index (Phi) is 4.19. The molecule has 0 bridgehead atoms. The summed E-state index contributed by atoms with van der Waals surface area (Å²) >= 11 is 8.89. The van der Waals surface area contributed by atoms with Crippen LogP contribution in [0, 0.1) is 6.92 Å². The number of halogens is 5. The average Bonchev–Trinajstić information content (AvgIpc) is 2.25. The van der Waals surface area contributed by atoms with Gasteiger partial charge in [0.05, 0.1) is 0 Å². The zero-order valence-corrected chi connectivity index (χ0v) is 12.4. The second-order valence-electron chi connectivity index (χ2n) is 4.04. The Morgan fingerprint density at radius 1 is 1.15 bits per heavy atom. The normalized spacial score (nSPS) is 11.5. The third-order valence-electron chi connectivity index (χ3n) is 2.26. The van der Waals surface area contributed by atoms with Crippen molar-refractivity contribution < 1.29 is 13.2 Å². The van der Waals surface area contributed by atoms with Gasteiger partial charge in [-0.3, -0.25) is 0 Å². The summed E-state index contributed by atoms with van der Waals surface area (Å²) in [7, 11) is 0. The Balaban J connectivity index is 2.36. The van der Waals surface area contributed by atoms with Gasteiger partial charge in [0.2, 0.25) is 5.82 Å². The molecule has 3 nitrogen and oxygen atoms in total. The fourth-order valence-corrected chi connectivity index (χ4v) is 2.36. The number of nitrogens with one attached hydrogen (secondary N) is 1. The standard InChI is InChI=1S/C12H8BrClF3N3/c1-6-2-7(13)4-8(3-6)18-10-5-9(14)19-11(20-10)12(15,16)17/h2-5H,1H3,(H,18,19,20). The quantitative estimate of drug-likeness (QED) is 0.763. The van der Waals surface area contributed by atoms with Crippen LogP contribution >= 0.6 is 27.5 Å². The highest BCUT2D eigenvalue weighted by atomic mass is 79.9. The second-order valence-corrected chi connectivity index (χ2v) is 5.34. The molecule has 0 fully saturated rings.